The van der Waals surface area contributed by atoms with E-state index in [-0.39, 0.29) is 0 Å². The number of hydrogen-bond donors (Lipinski definition) is 0. The van der Waals surface area contributed by atoms with E-state index in [0.717, 1.165) is 9.85 Å². The van der Waals surface area contributed by atoms with Crippen molar-refractivity contribution in [3.8, 4) is 0 Å². The molecule has 1 saturated carbocycles. The Morgan fingerprint density at radius 1 is 0.923 bits per heavy atom. The van der Waals surface area contributed by atoms with E-state index in [1.165, 1.54) is 44.9 Å². The van der Waals surface area contributed by atoms with Gasteiger partial charge in [-0.05, 0) is 0 Å². The van der Waals surface area contributed by atoms with Crippen molar-refractivity contribution < 1.29 is 0 Å². The van der Waals surface area contributed by atoms with Gasteiger partial charge in [-0.2, -0.15) is 0 Å². The van der Waals surface area contributed by atoms with E-state index in [1.807, 2.05) is 0 Å². The molecule has 0 bridgehead atoms. The number of benzene rings is 1. The summed E-state index contributed by atoms with van der Waals surface area (Å²) >= 11 is -2.22. The Morgan fingerprint density at radius 2 is 1.42 bits per heavy atom. The third-order valence-corrected chi connectivity index (χ3v) is 25.4. The van der Waals surface area contributed by atoms with Crippen molar-refractivity contribution in [2.24, 2.45) is 5.92 Å². The second-order valence-corrected chi connectivity index (χ2v) is 22.8. The van der Waals surface area contributed by atoms with Gasteiger partial charge in [0.25, 0.3) is 0 Å². The summed E-state index contributed by atoms with van der Waals surface area (Å²) in [7, 11) is 0. The number of rotatable bonds is 13. The Kier molecular flexibility index (Phi) is 8.77. The Labute approximate surface area is 167 Å². The van der Waals surface area contributed by atoms with Crippen LogP contribution in [0.25, 0.3) is 0 Å². The molecule has 26 heavy (non-hydrogen) atoms. The molecule has 0 aromatic heterocycles. The van der Waals surface area contributed by atoms with Gasteiger partial charge in [0.2, 0.25) is 0 Å². The van der Waals surface area contributed by atoms with Gasteiger partial charge in [-0.3, -0.25) is 0 Å². The summed E-state index contributed by atoms with van der Waals surface area (Å²) < 4.78 is 5.92. The molecule has 0 radical (unpaired) electrons. The van der Waals surface area contributed by atoms with Gasteiger partial charge in [-0.25, -0.2) is 0 Å². The fraction of sp³-hybridized carbons (Fsp3) is 0.680. The summed E-state index contributed by atoms with van der Waals surface area (Å²) in [5.74, 6) is 0.865. The van der Waals surface area contributed by atoms with Gasteiger partial charge in [-0.15, -0.1) is 0 Å². The molecule has 0 nitrogen and oxygen atoms in total. The van der Waals surface area contributed by atoms with E-state index in [9.17, 15) is 0 Å². The van der Waals surface area contributed by atoms with Crippen LogP contribution in [0, 0.1) is 5.92 Å². The number of allylic oxidation sites excluding steroid dienone is 1. The molecule has 1 aliphatic carbocycles. The van der Waals surface area contributed by atoms with Gasteiger partial charge in [0, 0.05) is 0 Å². The molecule has 146 valence electrons. The zero-order chi connectivity index (χ0) is 19.0. The molecule has 0 N–H and O–H groups in total. The Bertz CT molecular complexity index is 513. The van der Waals surface area contributed by atoms with Crippen LogP contribution in [0.15, 0.2) is 43.0 Å². The van der Waals surface area contributed by atoms with Crippen LogP contribution in [0.5, 0.6) is 0 Å². The summed E-state index contributed by atoms with van der Waals surface area (Å²) in [4.78, 5) is 0. The van der Waals surface area contributed by atoms with E-state index < -0.39 is 18.4 Å². The molecule has 1 fully saturated rings. The van der Waals surface area contributed by atoms with Crippen molar-refractivity contribution in [1.29, 1.82) is 0 Å². The van der Waals surface area contributed by atoms with E-state index in [0.29, 0.717) is 5.41 Å². The summed E-state index contributed by atoms with van der Waals surface area (Å²) in [6.45, 7) is 13.9. The predicted octanol–water partition coefficient (Wildman–Crippen LogP) is 8.37. The molecule has 0 saturated heterocycles. The fourth-order valence-electron chi connectivity index (χ4n) is 5.84. The van der Waals surface area contributed by atoms with Crippen LogP contribution in [-0.4, -0.2) is 18.4 Å². The molecule has 0 amide bonds. The van der Waals surface area contributed by atoms with Crippen LogP contribution in [0.1, 0.15) is 78.2 Å². The van der Waals surface area contributed by atoms with Gasteiger partial charge in [0.1, 0.15) is 0 Å². The first-order chi connectivity index (χ1) is 12.6. The van der Waals surface area contributed by atoms with Gasteiger partial charge in [-0.1, -0.05) is 0 Å². The zero-order valence-electron chi connectivity index (χ0n) is 17.9. The van der Waals surface area contributed by atoms with Gasteiger partial charge < -0.3 is 0 Å². The fourth-order valence-corrected chi connectivity index (χ4v) is 28.0. The molecule has 1 aliphatic rings. The first-order valence-electron chi connectivity index (χ1n) is 11.3. The Hall–Kier alpha value is -0.241. The maximum atomic E-state index is 4.13. The van der Waals surface area contributed by atoms with Crippen LogP contribution >= 0.6 is 0 Å². The molecule has 1 heteroatoms. The summed E-state index contributed by atoms with van der Waals surface area (Å²) in [6.07, 6.45) is 12.0. The quantitative estimate of drug-likeness (QED) is 0.205. The normalized spacial score (nSPS) is 25.2. The number of hydrogen-bond acceptors (Lipinski definition) is 0. The number of unbranched alkanes of at least 4 members (excludes halogenated alkanes) is 3. The standard InChI is InChI=1S/C13H15.3C4H9.Sn/c1-3-7-12-10-13(12,2)11-8-5-4-6-9-11;3*1-3-4-2;/h3-6,8-10,12H,1,7H2,2H3;3*1,3-4H2,2H3;/t12-,13-;;;;/m0..../s1. The minimum absolute atomic E-state index is 0.431. The third kappa shape index (κ3) is 4.59. The first kappa shape index (κ1) is 22.1. The van der Waals surface area contributed by atoms with E-state index in [1.54, 1.807) is 18.9 Å². The molecule has 1 aromatic rings. The average Bonchev–Trinajstić information content (AvgIpc) is 3.28. The maximum absolute atomic E-state index is 4.13. The van der Waals surface area contributed by atoms with Crippen LogP contribution in [0.4, 0.5) is 0 Å². The van der Waals surface area contributed by atoms with E-state index in [2.05, 4.69) is 70.7 Å². The molecule has 0 spiro atoms. The van der Waals surface area contributed by atoms with Crippen molar-refractivity contribution >= 4 is 18.4 Å². The molecule has 0 unspecified atom stereocenters. The van der Waals surface area contributed by atoms with E-state index in [4.69, 9.17) is 0 Å². The van der Waals surface area contributed by atoms with Crippen LogP contribution in [0.3, 0.4) is 0 Å². The molecule has 0 heterocycles. The first-order valence-corrected chi connectivity index (χ1v) is 19.0. The molecule has 3 atom stereocenters. The zero-order valence-corrected chi connectivity index (χ0v) is 20.8. The van der Waals surface area contributed by atoms with Crippen molar-refractivity contribution in [2.45, 2.75) is 95.3 Å². The Balaban J connectivity index is 2.40. The monoisotopic (exact) mass is 462 g/mol. The Morgan fingerprint density at radius 3 is 1.85 bits per heavy atom. The van der Waals surface area contributed by atoms with Crippen molar-refractivity contribution in [2.75, 3.05) is 0 Å². The SMILES string of the molecule is C=CC[C@H]1[C@H]([Sn]([CH2]CCC)([CH2]CCC)[CH2]CCC)[C@@]1(C)c1ccccc1. The van der Waals surface area contributed by atoms with E-state index >= 15 is 0 Å². The minimum atomic E-state index is -2.22. The van der Waals surface area contributed by atoms with Crippen molar-refractivity contribution in [3.63, 3.8) is 0 Å². The molecule has 2 rings (SSSR count). The van der Waals surface area contributed by atoms with Crippen LogP contribution < -0.4 is 0 Å². The molecule has 0 aliphatic heterocycles. The van der Waals surface area contributed by atoms with Crippen molar-refractivity contribution in [1.82, 2.24) is 0 Å². The average molecular weight is 461 g/mol. The predicted molar refractivity (Wildman–Crippen MR) is 121 cm³/mol. The molecular formula is C25H42Sn. The summed E-state index contributed by atoms with van der Waals surface area (Å²) in [5.41, 5.74) is 2.04. The van der Waals surface area contributed by atoms with Gasteiger partial charge in [0.15, 0.2) is 0 Å². The molecule has 1 aromatic carbocycles. The third-order valence-electron chi connectivity index (χ3n) is 7.27. The topological polar surface area (TPSA) is 0 Å². The second kappa shape index (κ2) is 10.3. The van der Waals surface area contributed by atoms with Crippen LogP contribution in [0.2, 0.25) is 17.2 Å². The van der Waals surface area contributed by atoms with Gasteiger partial charge in [0.05, 0.1) is 0 Å². The van der Waals surface area contributed by atoms with Gasteiger partial charge >= 0.3 is 168 Å². The summed E-state index contributed by atoms with van der Waals surface area (Å²) in [6, 6.07) is 11.5. The van der Waals surface area contributed by atoms with Crippen molar-refractivity contribution in [3.05, 3.63) is 48.6 Å². The van der Waals surface area contributed by atoms with Crippen LogP contribution in [-0.2, 0) is 5.41 Å². The second-order valence-electron chi connectivity index (χ2n) is 8.93. The molecular weight excluding hydrogens is 419 g/mol. The summed E-state index contributed by atoms with van der Waals surface area (Å²) in [5, 5.41) is 0.